The highest BCUT2D eigenvalue weighted by molar-refractivity contribution is 9.07. The van der Waals surface area contributed by atoms with Gasteiger partial charge in [-0.15, -0.1) is 10.5 Å². The van der Waals surface area contributed by atoms with E-state index in [9.17, 15) is 4.79 Å². The van der Waals surface area contributed by atoms with Gasteiger partial charge in [-0.3, -0.25) is 4.79 Å². The van der Waals surface area contributed by atoms with Gasteiger partial charge in [0.15, 0.2) is 0 Å². The Kier molecular flexibility index (Phi) is 5.39. The summed E-state index contributed by atoms with van der Waals surface area (Å²) in [4.78, 5) is 12.7. The number of nitrogens with zero attached hydrogens (tertiary/aromatic N) is 2. The molecule has 0 aliphatic carbocycles. The van der Waals surface area contributed by atoms with E-state index in [0.29, 0.717) is 10.7 Å². The molecule has 1 saturated heterocycles. The van der Waals surface area contributed by atoms with Crippen molar-refractivity contribution >= 4 is 50.4 Å². The minimum atomic E-state index is -1.00. The first kappa shape index (κ1) is 18.6. The summed E-state index contributed by atoms with van der Waals surface area (Å²) in [5.41, 5.74) is 0.157. The van der Waals surface area contributed by atoms with E-state index in [0.717, 1.165) is 11.8 Å². The van der Waals surface area contributed by atoms with E-state index in [4.69, 9.17) is 22.8 Å². The van der Waals surface area contributed by atoms with Crippen LogP contribution in [0.2, 0.25) is 5.02 Å². The van der Waals surface area contributed by atoms with Crippen molar-refractivity contribution in [3.63, 3.8) is 0 Å². The van der Waals surface area contributed by atoms with Crippen molar-refractivity contribution in [3.8, 4) is 12.3 Å². The Morgan fingerprint density at radius 3 is 2.57 bits per heavy atom. The Hall–Kier alpha value is -0.710. The van der Waals surface area contributed by atoms with Crippen molar-refractivity contribution in [2.75, 3.05) is 5.01 Å². The van der Waals surface area contributed by atoms with Gasteiger partial charge in [-0.25, -0.2) is 5.01 Å². The number of benzene rings is 1. The number of anilines is 1. The third kappa shape index (κ3) is 3.26. The van der Waals surface area contributed by atoms with Crippen molar-refractivity contribution in [3.05, 3.63) is 29.3 Å². The molecule has 7 heteroatoms. The Morgan fingerprint density at radius 2 is 2.04 bits per heavy atom. The fourth-order valence-corrected chi connectivity index (χ4v) is 4.79. The molecule has 1 aromatic carbocycles. The van der Waals surface area contributed by atoms with Crippen LogP contribution in [0, 0.1) is 17.8 Å². The number of amides is 1. The van der Waals surface area contributed by atoms with Gasteiger partial charge in [0, 0.05) is 21.6 Å². The van der Waals surface area contributed by atoms with E-state index >= 15 is 0 Å². The zero-order valence-electron chi connectivity index (χ0n) is 13.3. The van der Waals surface area contributed by atoms with Gasteiger partial charge in [0.2, 0.25) is 5.06 Å². The first-order chi connectivity index (χ1) is 10.6. The standard InChI is InChI=1S/C16H18BrClN2O2S/c1-6-11(2)22-16(15(3,4)5)20(17)19(14(21)23-16)13-10-8-7-9-12(13)18/h1,7-11H,2-5H3. The molecule has 1 amide bonds. The molecule has 2 rings (SSSR count). The van der Waals surface area contributed by atoms with Crippen LogP contribution in [0.5, 0.6) is 0 Å². The number of ether oxygens (including phenoxy) is 1. The number of carbonyl (C=O) groups excluding carboxylic acids is 1. The van der Waals surface area contributed by atoms with Gasteiger partial charge >= 0.3 is 5.24 Å². The van der Waals surface area contributed by atoms with Crippen LogP contribution in [-0.4, -0.2) is 20.4 Å². The number of rotatable bonds is 3. The average Bonchev–Trinajstić information content (AvgIpc) is 2.71. The molecule has 1 aromatic rings. The summed E-state index contributed by atoms with van der Waals surface area (Å²) >= 11 is 10.8. The van der Waals surface area contributed by atoms with E-state index in [1.54, 1.807) is 23.1 Å². The first-order valence-electron chi connectivity index (χ1n) is 7.01. The topological polar surface area (TPSA) is 32.8 Å². The second-order valence-electron chi connectivity index (χ2n) is 6.15. The molecule has 124 valence electrons. The Labute approximate surface area is 154 Å². The number of para-hydroxylation sites is 1. The minimum absolute atomic E-state index is 0.200. The van der Waals surface area contributed by atoms with E-state index < -0.39 is 16.6 Å². The van der Waals surface area contributed by atoms with Crippen LogP contribution in [0.25, 0.3) is 0 Å². The van der Waals surface area contributed by atoms with Gasteiger partial charge in [-0.2, -0.15) is 0 Å². The fraction of sp³-hybridized carbons (Fsp3) is 0.438. The summed E-state index contributed by atoms with van der Waals surface area (Å²) in [6, 6.07) is 7.14. The van der Waals surface area contributed by atoms with Crippen LogP contribution in [0.3, 0.4) is 0 Å². The van der Waals surface area contributed by atoms with Gasteiger partial charge in [-0.05, 0) is 30.8 Å². The molecule has 4 nitrogen and oxygen atoms in total. The normalized spacial score (nSPS) is 23.9. The van der Waals surface area contributed by atoms with Crippen molar-refractivity contribution in [1.29, 1.82) is 0 Å². The molecule has 0 radical (unpaired) electrons. The zero-order valence-corrected chi connectivity index (χ0v) is 16.5. The number of thioether (sulfide) groups is 1. The van der Waals surface area contributed by atoms with Gasteiger partial charge in [-0.1, -0.05) is 50.4 Å². The molecule has 1 fully saturated rings. The molecule has 0 bridgehead atoms. The number of terminal acetylenes is 1. The first-order valence-corrected chi connectivity index (χ1v) is 8.92. The summed E-state index contributed by atoms with van der Waals surface area (Å²) in [6.45, 7) is 7.74. The van der Waals surface area contributed by atoms with Crippen LogP contribution in [-0.2, 0) is 4.74 Å². The highest BCUT2D eigenvalue weighted by Crippen LogP contribution is 2.55. The third-order valence-electron chi connectivity index (χ3n) is 3.42. The lowest BCUT2D eigenvalue weighted by Crippen LogP contribution is -2.54. The molecule has 1 aliphatic heterocycles. The van der Waals surface area contributed by atoms with Crippen LogP contribution in [0.1, 0.15) is 27.7 Å². The SMILES string of the molecule is C#CC(C)OC1(C(C)(C)C)SC(=O)N(c2ccccc2Cl)N1Br. The molecule has 2 atom stereocenters. The lowest BCUT2D eigenvalue weighted by Gasteiger charge is -2.44. The van der Waals surface area contributed by atoms with Gasteiger partial charge in [0.05, 0.1) is 10.7 Å². The second-order valence-corrected chi connectivity index (χ2v) is 8.34. The van der Waals surface area contributed by atoms with E-state index in [2.05, 4.69) is 22.1 Å². The number of halogens is 2. The van der Waals surface area contributed by atoms with Crippen molar-refractivity contribution in [2.45, 2.75) is 38.9 Å². The van der Waals surface area contributed by atoms with Crippen LogP contribution in [0.15, 0.2) is 24.3 Å². The zero-order chi connectivity index (χ0) is 17.4. The Bertz CT molecular complexity index is 658. The van der Waals surface area contributed by atoms with Gasteiger partial charge in [0.25, 0.3) is 0 Å². The van der Waals surface area contributed by atoms with E-state index in [1.165, 1.54) is 5.01 Å². The maximum atomic E-state index is 12.7. The van der Waals surface area contributed by atoms with Crippen LogP contribution >= 0.6 is 39.5 Å². The molecule has 2 unspecified atom stereocenters. The molecule has 0 spiro atoms. The third-order valence-corrected chi connectivity index (χ3v) is 6.29. The summed E-state index contributed by atoms with van der Waals surface area (Å²) in [6.07, 6.45) is 5.01. The average molecular weight is 418 g/mol. The molecule has 1 aliphatic rings. The molecule has 23 heavy (non-hydrogen) atoms. The van der Waals surface area contributed by atoms with Crippen LogP contribution < -0.4 is 5.01 Å². The number of hydrazine groups is 1. The molecular formula is C16H18BrClN2O2S. The predicted octanol–water partition coefficient (Wildman–Crippen LogP) is 5.28. The molecule has 0 aromatic heterocycles. The highest BCUT2D eigenvalue weighted by Gasteiger charge is 2.60. The van der Waals surface area contributed by atoms with Crippen molar-refractivity contribution in [2.24, 2.45) is 5.41 Å². The highest BCUT2D eigenvalue weighted by atomic mass is 79.9. The Morgan fingerprint density at radius 1 is 1.43 bits per heavy atom. The predicted molar refractivity (Wildman–Crippen MR) is 99.3 cm³/mol. The maximum absolute atomic E-state index is 12.7. The lowest BCUT2D eigenvalue weighted by molar-refractivity contribution is -0.118. The monoisotopic (exact) mass is 416 g/mol. The summed E-state index contributed by atoms with van der Waals surface area (Å²) in [7, 11) is 0. The Balaban J connectivity index is 2.51. The summed E-state index contributed by atoms with van der Waals surface area (Å²) in [5.74, 6) is 2.55. The lowest BCUT2D eigenvalue weighted by atomic mass is 9.93. The minimum Gasteiger partial charge on any atom is -0.332 e. The van der Waals surface area contributed by atoms with Gasteiger partial charge in [0.1, 0.15) is 6.10 Å². The summed E-state index contributed by atoms with van der Waals surface area (Å²) in [5, 5.41) is 0.728. The molecule has 0 saturated carbocycles. The maximum Gasteiger partial charge on any atom is 0.305 e. The number of carbonyl (C=O) groups is 1. The van der Waals surface area contributed by atoms with Crippen molar-refractivity contribution < 1.29 is 9.53 Å². The van der Waals surface area contributed by atoms with E-state index in [1.807, 2.05) is 32.9 Å². The quantitative estimate of drug-likeness (QED) is 0.495. The smallest absolute Gasteiger partial charge is 0.305 e. The number of hydrogen-bond acceptors (Lipinski definition) is 4. The largest absolute Gasteiger partial charge is 0.332 e. The molecule has 1 heterocycles. The molecular weight excluding hydrogens is 400 g/mol. The van der Waals surface area contributed by atoms with Gasteiger partial charge < -0.3 is 4.74 Å². The van der Waals surface area contributed by atoms with Crippen molar-refractivity contribution in [1.82, 2.24) is 4.03 Å². The van der Waals surface area contributed by atoms with Crippen LogP contribution in [0.4, 0.5) is 10.5 Å². The second kappa shape index (κ2) is 6.66. The summed E-state index contributed by atoms with van der Waals surface area (Å²) < 4.78 is 7.69. The fourth-order valence-electron chi connectivity index (χ4n) is 2.17. The van der Waals surface area contributed by atoms with E-state index in [-0.39, 0.29) is 5.24 Å². The number of hydrogen-bond donors (Lipinski definition) is 0. The molecule has 0 N–H and O–H groups in total.